The van der Waals surface area contributed by atoms with Gasteiger partial charge in [-0.15, -0.1) is 22.7 Å². The predicted octanol–water partition coefficient (Wildman–Crippen LogP) is 4.87. The van der Waals surface area contributed by atoms with Crippen LogP contribution in [0.2, 0.25) is 0 Å². The molecule has 0 fully saturated rings. The van der Waals surface area contributed by atoms with E-state index in [1.165, 1.54) is 15.3 Å². The van der Waals surface area contributed by atoms with Crippen LogP contribution in [0.1, 0.15) is 12.5 Å². The summed E-state index contributed by atoms with van der Waals surface area (Å²) in [6.45, 7) is 2.17. The Morgan fingerprint density at radius 3 is 2.60 bits per heavy atom. The van der Waals surface area contributed by atoms with Crippen molar-refractivity contribution in [1.29, 1.82) is 0 Å². The molecule has 0 aliphatic rings. The van der Waals surface area contributed by atoms with Gasteiger partial charge in [0.2, 0.25) is 0 Å². The molecule has 102 valence electrons. The summed E-state index contributed by atoms with van der Waals surface area (Å²) in [7, 11) is 0. The van der Waals surface area contributed by atoms with E-state index in [2.05, 4.69) is 30.5 Å². The molecular formula is C16H16N2S2. The second-order valence-corrected chi connectivity index (χ2v) is 6.61. The first kappa shape index (κ1) is 13.2. The first-order valence-electron chi connectivity index (χ1n) is 6.51. The van der Waals surface area contributed by atoms with Crippen molar-refractivity contribution in [3.63, 3.8) is 0 Å². The summed E-state index contributed by atoms with van der Waals surface area (Å²) in [6.07, 6.45) is 0.963. The topological polar surface area (TPSA) is 52.0 Å². The second kappa shape index (κ2) is 5.31. The average Bonchev–Trinajstić information content (AvgIpc) is 3.05. The van der Waals surface area contributed by atoms with Gasteiger partial charge in [-0.3, -0.25) is 0 Å². The van der Waals surface area contributed by atoms with Crippen molar-refractivity contribution in [2.75, 3.05) is 11.5 Å². The third-order valence-corrected chi connectivity index (χ3v) is 5.42. The van der Waals surface area contributed by atoms with E-state index in [0.29, 0.717) is 0 Å². The molecule has 2 aromatic heterocycles. The Bertz CT molecular complexity index is 727. The fraction of sp³-hybridized carbons (Fsp3) is 0.125. The van der Waals surface area contributed by atoms with E-state index in [-0.39, 0.29) is 0 Å². The van der Waals surface area contributed by atoms with Gasteiger partial charge in [-0.05, 0) is 41.1 Å². The van der Waals surface area contributed by atoms with E-state index in [1.54, 1.807) is 22.7 Å². The smallest absolute Gasteiger partial charge is 0.0945 e. The molecule has 1 aromatic carbocycles. The molecule has 3 rings (SSSR count). The van der Waals surface area contributed by atoms with Crippen LogP contribution in [0.4, 0.5) is 10.7 Å². The number of anilines is 2. The molecule has 4 N–H and O–H groups in total. The van der Waals surface area contributed by atoms with E-state index in [4.69, 9.17) is 11.5 Å². The molecule has 0 spiro atoms. The van der Waals surface area contributed by atoms with Gasteiger partial charge in [0, 0.05) is 16.1 Å². The SMILES string of the molecule is CCc1c(-c2cccs2)sc(N)c1-c1cccc(N)c1. The molecule has 20 heavy (non-hydrogen) atoms. The van der Waals surface area contributed by atoms with Crippen molar-refractivity contribution in [3.05, 3.63) is 47.3 Å². The molecule has 0 radical (unpaired) electrons. The van der Waals surface area contributed by atoms with Crippen molar-refractivity contribution in [1.82, 2.24) is 0 Å². The highest BCUT2D eigenvalue weighted by Gasteiger charge is 2.18. The predicted molar refractivity (Wildman–Crippen MR) is 91.3 cm³/mol. The van der Waals surface area contributed by atoms with Gasteiger partial charge in [0.15, 0.2) is 0 Å². The number of benzene rings is 1. The van der Waals surface area contributed by atoms with Crippen LogP contribution in [0.25, 0.3) is 20.9 Å². The maximum Gasteiger partial charge on any atom is 0.0945 e. The minimum absolute atomic E-state index is 0.771. The van der Waals surface area contributed by atoms with E-state index in [1.807, 2.05) is 18.2 Å². The van der Waals surface area contributed by atoms with E-state index < -0.39 is 0 Å². The Morgan fingerprint density at radius 1 is 1.10 bits per heavy atom. The molecule has 0 saturated carbocycles. The maximum absolute atomic E-state index is 6.29. The Labute approximate surface area is 126 Å². The molecule has 0 amide bonds. The molecule has 2 nitrogen and oxygen atoms in total. The summed E-state index contributed by atoms with van der Waals surface area (Å²) < 4.78 is 0. The van der Waals surface area contributed by atoms with Gasteiger partial charge >= 0.3 is 0 Å². The van der Waals surface area contributed by atoms with Gasteiger partial charge < -0.3 is 11.5 Å². The molecule has 0 aliphatic carbocycles. The van der Waals surface area contributed by atoms with Crippen molar-refractivity contribution in [2.24, 2.45) is 0 Å². The van der Waals surface area contributed by atoms with Crippen LogP contribution in [-0.2, 0) is 6.42 Å². The van der Waals surface area contributed by atoms with Crippen LogP contribution in [0.3, 0.4) is 0 Å². The third kappa shape index (κ3) is 2.21. The maximum atomic E-state index is 6.29. The van der Waals surface area contributed by atoms with Crippen molar-refractivity contribution >= 4 is 33.4 Å². The largest absolute Gasteiger partial charge is 0.399 e. The van der Waals surface area contributed by atoms with Gasteiger partial charge in [0.1, 0.15) is 0 Å². The molecule has 4 heteroatoms. The molecule has 3 aromatic rings. The van der Waals surface area contributed by atoms with Gasteiger partial charge in [-0.1, -0.05) is 25.1 Å². The van der Waals surface area contributed by atoms with Gasteiger partial charge in [-0.25, -0.2) is 0 Å². The lowest BCUT2D eigenvalue weighted by molar-refractivity contribution is 1.16. The highest BCUT2D eigenvalue weighted by molar-refractivity contribution is 7.24. The zero-order chi connectivity index (χ0) is 14.1. The summed E-state index contributed by atoms with van der Waals surface area (Å²) >= 11 is 3.43. The molecule has 2 heterocycles. The fourth-order valence-electron chi connectivity index (χ4n) is 2.44. The van der Waals surface area contributed by atoms with Crippen LogP contribution >= 0.6 is 22.7 Å². The minimum Gasteiger partial charge on any atom is -0.399 e. The number of rotatable bonds is 3. The van der Waals surface area contributed by atoms with Gasteiger partial charge in [-0.2, -0.15) is 0 Å². The minimum atomic E-state index is 0.771. The summed E-state index contributed by atoms with van der Waals surface area (Å²) in [5.41, 5.74) is 16.5. The Hall–Kier alpha value is -1.78. The van der Waals surface area contributed by atoms with E-state index in [0.717, 1.165) is 28.2 Å². The lowest BCUT2D eigenvalue weighted by Gasteiger charge is -2.06. The van der Waals surface area contributed by atoms with Gasteiger partial charge in [0.25, 0.3) is 0 Å². The van der Waals surface area contributed by atoms with Crippen molar-refractivity contribution in [3.8, 4) is 20.9 Å². The fourth-order valence-corrected chi connectivity index (χ4v) is 4.50. The lowest BCUT2D eigenvalue weighted by atomic mass is 9.99. The molecule has 0 aliphatic heterocycles. The number of thiophene rings is 2. The molecule has 0 unspecified atom stereocenters. The van der Waals surface area contributed by atoms with E-state index in [9.17, 15) is 0 Å². The molecule has 0 bridgehead atoms. The van der Waals surface area contributed by atoms with Crippen molar-refractivity contribution < 1.29 is 0 Å². The van der Waals surface area contributed by atoms with Crippen LogP contribution in [-0.4, -0.2) is 0 Å². The number of hydrogen-bond acceptors (Lipinski definition) is 4. The van der Waals surface area contributed by atoms with Crippen LogP contribution in [0.5, 0.6) is 0 Å². The number of nitrogen functional groups attached to an aromatic ring is 2. The van der Waals surface area contributed by atoms with Crippen LogP contribution in [0.15, 0.2) is 41.8 Å². The lowest BCUT2D eigenvalue weighted by Crippen LogP contribution is -1.91. The first-order chi connectivity index (χ1) is 9.70. The third-order valence-electron chi connectivity index (χ3n) is 3.31. The van der Waals surface area contributed by atoms with Crippen LogP contribution < -0.4 is 11.5 Å². The molecule has 0 saturated heterocycles. The zero-order valence-corrected chi connectivity index (χ0v) is 12.9. The zero-order valence-electron chi connectivity index (χ0n) is 11.2. The Morgan fingerprint density at radius 2 is 1.95 bits per heavy atom. The summed E-state index contributed by atoms with van der Waals surface area (Å²) in [4.78, 5) is 2.58. The first-order valence-corrected chi connectivity index (χ1v) is 8.21. The standard InChI is InChI=1S/C16H16N2S2/c1-2-12-14(10-5-3-6-11(17)9-10)16(18)20-15(12)13-7-4-8-19-13/h3-9H,2,17-18H2,1H3. The second-order valence-electron chi connectivity index (χ2n) is 4.61. The van der Waals surface area contributed by atoms with Crippen molar-refractivity contribution in [2.45, 2.75) is 13.3 Å². The van der Waals surface area contributed by atoms with E-state index >= 15 is 0 Å². The van der Waals surface area contributed by atoms with Gasteiger partial charge in [0.05, 0.1) is 9.88 Å². The summed E-state index contributed by atoms with van der Waals surface area (Å²) in [5.74, 6) is 0. The Balaban J connectivity index is 2.21. The summed E-state index contributed by atoms with van der Waals surface area (Å²) in [5, 5.41) is 2.97. The molecular weight excluding hydrogens is 284 g/mol. The van der Waals surface area contributed by atoms with Crippen LogP contribution in [0, 0.1) is 0 Å². The molecule has 0 atom stereocenters. The highest BCUT2D eigenvalue weighted by Crippen LogP contribution is 2.45. The Kier molecular flexibility index (Phi) is 3.51. The number of hydrogen-bond donors (Lipinski definition) is 2. The highest BCUT2D eigenvalue weighted by atomic mass is 32.1. The summed E-state index contributed by atoms with van der Waals surface area (Å²) in [6, 6.07) is 12.2. The monoisotopic (exact) mass is 300 g/mol. The normalized spacial score (nSPS) is 10.8. The quantitative estimate of drug-likeness (QED) is 0.678. The number of nitrogens with two attached hydrogens (primary N) is 2. The average molecular weight is 300 g/mol.